The molecule has 0 bridgehead atoms. The van der Waals surface area contributed by atoms with E-state index in [1.165, 1.54) is 25.7 Å². The van der Waals surface area contributed by atoms with Gasteiger partial charge in [0.05, 0.1) is 0 Å². The molecule has 0 aromatic heterocycles. The lowest BCUT2D eigenvalue weighted by Crippen LogP contribution is -2.31. The molecule has 5 heteroatoms. The van der Waals surface area contributed by atoms with Crippen LogP contribution in [0.15, 0.2) is 0 Å². The van der Waals surface area contributed by atoms with Gasteiger partial charge in [-0.2, -0.15) is 0 Å². The second-order valence-corrected chi connectivity index (χ2v) is 6.57. The van der Waals surface area contributed by atoms with Gasteiger partial charge in [-0.05, 0) is 37.0 Å². The Morgan fingerprint density at radius 2 is 2.00 bits per heavy atom. The van der Waals surface area contributed by atoms with Crippen LogP contribution in [0, 0.1) is 11.3 Å². The fourth-order valence-corrected chi connectivity index (χ4v) is 2.69. The summed E-state index contributed by atoms with van der Waals surface area (Å²) in [6, 6.07) is 0. The predicted octanol–water partition coefficient (Wildman–Crippen LogP) is 1.29. The number of halogens is 1. The van der Waals surface area contributed by atoms with Crippen molar-refractivity contribution < 1.29 is 8.42 Å². The van der Waals surface area contributed by atoms with Gasteiger partial charge in [0.1, 0.15) is 5.21 Å². The first kappa shape index (κ1) is 9.74. The Morgan fingerprint density at radius 1 is 1.38 bits per heavy atom. The second kappa shape index (κ2) is 3.11. The van der Waals surface area contributed by atoms with Crippen LogP contribution >= 0.6 is 11.6 Å². The monoisotopic (exact) mass is 223 g/mol. The van der Waals surface area contributed by atoms with Gasteiger partial charge in [0.15, 0.2) is 0 Å². The zero-order chi connectivity index (χ0) is 9.53. The number of rotatable bonds is 5. The maximum atomic E-state index is 11.1. The van der Waals surface area contributed by atoms with Gasteiger partial charge in [-0.15, -0.1) is 11.6 Å². The smallest absolute Gasteiger partial charge is 0.214 e. The Balaban J connectivity index is 1.85. The van der Waals surface area contributed by atoms with E-state index >= 15 is 0 Å². The van der Waals surface area contributed by atoms with Gasteiger partial charge in [0.2, 0.25) is 10.0 Å². The lowest BCUT2D eigenvalue weighted by atomic mass is 10.0. The molecule has 0 spiro atoms. The van der Waals surface area contributed by atoms with Crippen molar-refractivity contribution in [1.29, 1.82) is 0 Å². The van der Waals surface area contributed by atoms with Crippen molar-refractivity contribution in [3.05, 3.63) is 0 Å². The number of nitrogens with one attached hydrogen (secondary N) is 1. The maximum absolute atomic E-state index is 11.1. The van der Waals surface area contributed by atoms with Crippen molar-refractivity contribution in [2.75, 3.05) is 11.8 Å². The summed E-state index contributed by atoms with van der Waals surface area (Å²) in [6.45, 7) is 0.604. The summed E-state index contributed by atoms with van der Waals surface area (Å²) in [7, 11) is -3.20. The zero-order valence-corrected chi connectivity index (χ0v) is 9.00. The van der Waals surface area contributed by atoms with E-state index < -0.39 is 10.0 Å². The molecule has 0 atom stereocenters. The highest BCUT2D eigenvalue weighted by Gasteiger charge is 2.53. The third-order valence-electron chi connectivity index (χ3n) is 3.12. The number of hydrogen-bond acceptors (Lipinski definition) is 2. The Labute approximate surface area is 83.9 Å². The third kappa shape index (κ3) is 2.17. The van der Waals surface area contributed by atoms with E-state index in [0.29, 0.717) is 12.0 Å². The molecule has 13 heavy (non-hydrogen) atoms. The molecule has 0 radical (unpaired) electrons. The highest BCUT2D eigenvalue weighted by Crippen LogP contribution is 2.60. The van der Waals surface area contributed by atoms with Crippen LogP contribution in [-0.4, -0.2) is 20.2 Å². The van der Waals surface area contributed by atoms with Crippen molar-refractivity contribution in [3.8, 4) is 0 Å². The molecule has 0 aliphatic heterocycles. The molecule has 0 unspecified atom stereocenters. The number of alkyl halides is 1. The van der Waals surface area contributed by atoms with Crippen LogP contribution in [0.2, 0.25) is 0 Å². The fourth-order valence-electron chi connectivity index (χ4n) is 1.88. The summed E-state index contributed by atoms with van der Waals surface area (Å²) in [5, 5.41) is -0.326. The highest BCUT2D eigenvalue weighted by molar-refractivity contribution is 7.90. The SMILES string of the molecule is O=S(=O)(CCl)NCC1(C2CC2)CC1. The first-order chi connectivity index (χ1) is 6.08. The average Bonchev–Trinajstić information content (AvgIpc) is 2.92. The molecule has 3 nitrogen and oxygen atoms in total. The fraction of sp³-hybridized carbons (Fsp3) is 1.00. The van der Waals surface area contributed by atoms with Gasteiger partial charge < -0.3 is 0 Å². The van der Waals surface area contributed by atoms with Crippen molar-refractivity contribution in [3.63, 3.8) is 0 Å². The molecule has 2 rings (SSSR count). The van der Waals surface area contributed by atoms with E-state index in [-0.39, 0.29) is 5.21 Å². The van der Waals surface area contributed by atoms with Crippen molar-refractivity contribution in [1.82, 2.24) is 4.72 Å². The maximum Gasteiger partial charge on any atom is 0.225 e. The van der Waals surface area contributed by atoms with Crippen LogP contribution in [0.5, 0.6) is 0 Å². The quantitative estimate of drug-likeness (QED) is 0.714. The molecule has 0 saturated heterocycles. The molecule has 0 aromatic rings. The van der Waals surface area contributed by atoms with Crippen LogP contribution in [0.1, 0.15) is 25.7 Å². The summed E-state index contributed by atoms with van der Waals surface area (Å²) in [6.07, 6.45) is 4.93. The molecular weight excluding hydrogens is 210 g/mol. The summed E-state index contributed by atoms with van der Waals surface area (Å²) < 4.78 is 24.7. The highest BCUT2D eigenvalue weighted by atomic mass is 35.5. The zero-order valence-electron chi connectivity index (χ0n) is 7.42. The van der Waals surface area contributed by atoms with Crippen molar-refractivity contribution in [2.45, 2.75) is 25.7 Å². The molecule has 1 N–H and O–H groups in total. The normalized spacial score (nSPS) is 25.9. The van der Waals surface area contributed by atoms with Crippen LogP contribution in [-0.2, 0) is 10.0 Å². The molecule has 2 saturated carbocycles. The van der Waals surface area contributed by atoms with Gasteiger partial charge in [0, 0.05) is 6.54 Å². The number of hydrogen-bond donors (Lipinski definition) is 1. The predicted molar refractivity (Wildman–Crippen MR) is 52.0 cm³/mol. The van der Waals surface area contributed by atoms with Gasteiger partial charge in [-0.3, -0.25) is 0 Å². The van der Waals surface area contributed by atoms with E-state index in [1.54, 1.807) is 0 Å². The second-order valence-electron chi connectivity index (χ2n) is 4.18. The first-order valence-electron chi connectivity index (χ1n) is 4.61. The van der Waals surface area contributed by atoms with Crippen LogP contribution in [0.4, 0.5) is 0 Å². The van der Waals surface area contributed by atoms with E-state index in [4.69, 9.17) is 11.6 Å². The van der Waals surface area contributed by atoms with Gasteiger partial charge in [-0.25, -0.2) is 13.1 Å². The Kier molecular flexibility index (Phi) is 2.33. The Hall–Kier alpha value is 0.200. The van der Waals surface area contributed by atoms with Gasteiger partial charge >= 0.3 is 0 Å². The molecule has 76 valence electrons. The molecule has 0 amide bonds. The van der Waals surface area contributed by atoms with Crippen molar-refractivity contribution in [2.24, 2.45) is 11.3 Å². The van der Waals surface area contributed by atoms with E-state index in [2.05, 4.69) is 4.72 Å². The first-order valence-corrected chi connectivity index (χ1v) is 6.80. The third-order valence-corrected chi connectivity index (χ3v) is 4.86. The van der Waals surface area contributed by atoms with E-state index in [1.807, 2.05) is 0 Å². The minimum Gasteiger partial charge on any atom is -0.214 e. The summed E-state index contributed by atoms with van der Waals surface area (Å²) >= 11 is 5.29. The Morgan fingerprint density at radius 3 is 2.38 bits per heavy atom. The summed E-state index contributed by atoms with van der Waals surface area (Å²) in [4.78, 5) is 0. The Bertz CT molecular complexity index is 293. The minimum absolute atomic E-state index is 0.319. The average molecular weight is 224 g/mol. The molecule has 0 heterocycles. The van der Waals surface area contributed by atoms with Crippen LogP contribution in [0.3, 0.4) is 0 Å². The molecule has 0 aromatic carbocycles. The van der Waals surface area contributed by atoms with Crippen LogP contribution < -0.4 is 4.72 Å². The van der Waals surface area contributed by atoms with Crippen molar-refractivity contribution >= 4 is 21.6 Å². The van der Waals surface area contributed by atoms with Gasteiger partial charge in [-0.1, -0.05) is 0 Å². The number of sulfonamides is 1. The largest absolute Gasteiger partial charge is 0.225 e. The lowest BCUT2D eigenvalue weighted by Gasteiger charge is -2.13. The standard InChI is InChI=1S/C8H14ClNO2S/c9-6-13(11,12)10-5-8(3-4-8)7-1-2-7/h7,10H,1-6H2. The molecule has 2 fully saturated rings. The lowest BCUT2D eigenvalue weighted by molar-refractivity contribution is 0.432. The topological polar surface area (TPSA) is 46.2 Å². The molecule has 2 aliphatic carbocycles. The minimum atomic E-state index is -3.20. The molecule has 2 aliphatic rings. The summed E-state index contributed by atoms with van der Waals surface area (Å²) in [5.41, 5.74) is 0.319. The van der Waals surface area contributed by atoms with Gasteiger partial charge in [0.25, 0.3) is 0 Å². The summed E-state index contributed by atoms with van der Waals surface area (Å²) in [5.74, 6) is 0.783. The molecular formula is C8H14ClNO2S. The van der Waals surface area contributed by atoms with E-state index in [0.717, 1.165) is 5.92 Å². The van der Waals surface area contributed by atoms with Crippen LogP contribution in [0.25, 0.3) is 0 Å². The van der Waals surface area contributed by atoms with E-state index in [9.17, 15) is 8.42 Å².